The number of hydrogen-bond donors (Lipinski definition) is 4. The van der Waals surface area contributed by atoms with Crippen LogP contribution < -0.4 is 20.5 Å². The summed E-state index contributed by atoms with van der Waals surface area (Å²) in [5.74, 6) is 0. The van der Waals surface area contributed by atoms with Crippen LogP contribution in [0.15, 0.2) is 82.8 Å². The quantitative estimate of drug-likeness (QED) is 0.420. The fourth-order valence-electron chi connectivity index (χ4n) is 2.50. The number of anilines is 2. The van der Waals surface area contributed by atoms with Crippen LogP contribution in [0.1, 0.15) is 5.56 Å². The van der Waals surface area contributed by atoms with E-state index in [0.29, 0.717) is 12.2 Å². The second kappa shape index (κ2) is 9.12. The van der Waals surface area contributed by atoms with Crippen LogP contribution in [0.25, 0.3) is 0 Å². The minimum atomic E-state index is -3.92. The number of benzene rings is 2. The van der Waals surface area contributed by atoms with Crippen molar-refractivity contribution >= 4 is 37.5 Å². The zero-order valence-electron chi connectivity index (χ0n) is 16.0. The molecule has 0 fully saturated rings. The van der Waals surface area contributed by atoms with Gasteiger partial charge in [-0.3, -0.25) is 9.71 Å². The summed E-state index contributed by atoms with van der Waals surface area (Å²) in [6, 6.07) is 13.7. The van der Waals surface area contributed by atoms with E-state index in [2.05, 4.69) is 20.3 Å². The smallest absolute Gasteiger partial charge is 0.319 e. The minimum absolute atomic E-state index is 0.0376. The monoisotopic (exact) mass is 461 g/mol. The number of nitrogens with zero attached hydrogens (tertiary/aromatic N) is 1. The Morgan fingerprint density at radius 3 is 2.06 bits per heavy atom. The summed E-state index contributed by atoms with van der Waals surface area (Å²) in [6.45, 7) is 0.292. The third kappa shape index (κ3) is 6.25. The van der Waals surface area contributed by atoms with Crippen LogP contribution >= 0.6 is 0 Å². The van der Waals surface area contributed by atoms with Crippen LogP contribution in [0.5, 0.6) is 0 Å². The zero-order valence-corrected chi connectivity index (χ0v) is 17.7. The largest absolute Gasteiger partial charge is 0.334 e. The number of nitrogens with two attached hydrogens (primary N) is 1. The lowest BCUT2D eigenvalue weighted by atomic mass is 10.3. The maximum absolute atomic E-state index is 12.5. The van der Waals surface area contributed by atoms with Crippen molar-refractivity contribution in [2.75, 3.05) is 10.0 Å². The topological polar surface area (TPSA) is 160 Å². The molecule has 0 spiro atoms. The molecule has 162 valence electrons. The van der Waals surface area contributed by atoms with Crippen LogP contribution in [0, 0.1) is 0 Å². The van der Waals surface area contributed by atoms with Crippen molar-refractivity contribution in [3.05, 3.63) is 78.6 Å². The Bertz CT molecular complexity index is 1260. The molecular formula is C19H19N5O5S2. The van der Waals surface area contributed by atoms with E-state index >= 15 is 0 Å². The summed E-state index contributed by atoms with van der Waals surface area (Å²) in [7, 11) is -7.79. The van der Waals surface area contributed by atoms with E-state index < -0.39 is 26.1 Å². The number of hydrogen-bond acceptors (Lipinski definition) is 6. The third-order valence-corrected chi connectivity index (χ3v) is 6.36. The average molecular weight is 462 g/mol. The van der Waals surface area contributed by atoms with E-state index in [4.69, 9.17) is 5.14 Å². The Morgan fingerprint density at radius 1 is 0.871 bits per heavy atom. The molecule has 0 unspecified atom stereocenters. The number of urea groups is 1. The van der Waals surface area contributed by atoms with Gasteiger partial charge in [-0.25, -0.2) is 26.8 Å². The van der Waals surface area contributed by atoms with E-state index in [-0.39, 0.29) is 15.5 Å². The third-order valence-electron chi connectivity index (χ3n) is 4.03. The van der Waals surface area contributed by atoms with Gasteiger partial charge in [-0.2, -0.15) is 0 Å². The summed E-state index contributed by atoms with van der Waals surface area (Å²) >= 11 is 0. The first-order valence-electron chi connectivity index (χ1n) is 8.83. The molecule has 3 aromatic rings. The van der Waals surface area contributed by atoms with Gasteiger partial charge in [-0.1, -0.05) is 6.07 Å². The molecule has 3 rings (SSSR count). The number of carbonyl (C=O) groups is 1. The van der Waals surface area contributed by atoms with Crippen LogP contribution in [0.3, 0.4) is 0 Å². The van der Waals surface area contributed by atoms with Gasteiger partial charge in [0.2, 0.25) is 10.0 Å². The molecule has 0 saturated heterocycles. The number of primary sulfonamides is 1. The molecular weight excluding hydrogens is 442 g/mol. The van der Waals surface area contributed by atoms with Gasteiger partial charge in [0.05, 0.1) is 9.79 Å². The fraction of sp³-hybridized carbons (Fsp3) is 0.0526. The Kier molecular flexibility index (Phi) is 6.53. The molecule has 1 heterocycles. The number of pyridine rings is 1. The lowest BCUT2D eigenvalue weighted by Crippen LogP contribution is -2.28. The molecule has 0 aliphatic rings. The average Bonchev–Trinajstić information content (AvgIpc) is 2.73. The first-order chi connectivity index (χ1) is 14.6. The first kappa shape index (κ1) is 22.2. The normalized spacial score (nSPS) is 11.5. The number of nitrogens with one attached hydrogen (secondary N) is 3. The van der Waals surface area contributed by atoms with Crippen molar-refractivity contribution in [2.45, 2.75) is 16.3 Å². The molecule has 0 saturated carbocycles. The summed E-state index contributed by atoms with van der Waals surface area (Å²) in [6.07, 6.45) is 3.27. The van der Waals surface area contributed by atoms with Gasteiger partial charge in [-0.05, 0) is 60.2 Å². The molecule has 0 aliphatic heterocycles. The van der Waals surface area contributed by atoms with Gasteiger partial charge in [0.15, 0.2) is 0 Å². The maximum Gasteiger partial charge on any atom is 0.319 e. The summed E-state index contributed by atoms with van der Waals surface area (Å²) in [5.41, 5.74) is 1.41. The first-order valence-corrected chi connectivity index (χ1v) is 11.9. The van der Waals surface area contributed by atoms with E-state index in [0.717, 1.165) is 5.56 Å². The Balaban J connectivity index is 1.61. The zero-order chi connectivity index (χ0) is 22.5. The predicted molar refractivity (Wildman–Crippen MR) is 115 cm³/mol. The second-order valence-corrected chi connectivity index (χ2v) is 9.61. The molecule has 0 bridgehead atoms. The molecule has 1 aromatic heterocycles. The number of rotatable bonds is 7. The van der Waals surface area contributed by atoms with Crippen molar-refractivity contribution < 1.29 is 21.6 Å². The summed E-state index contributed by atoms with van der Waals surface area (Å²) in [4.78, 5) is 15.8. The highest BCUT2D eigenvalue weighted by atomic mass is 32.2. The van der Waals surface area contributed by atoms with Crippen molar-refractivity contribution in [3.63, 3.8) is 0 Å². The number of aromatic nitrogens is 1. The second-order valence-electron chi connectivity index (χ2n) is 6.37. The SMILES string of the molecule is NS(=O)(=O)c1ccc(NS(=O)(=O)c2ccc(NC(=O)NCc3cccnc3)cc2)cc1. The van der Waals surface area contributed by atoms with Crippen molar-refractivity contribution in [1.29, 1.82) is 0 Å². The van der Waals surface area contributed by atoms with Gasteiger partial charge in [0.1, 0.15) is 0 Å². The van der Waals surface area contributed by atoms with Crippen LogP contribution in [0.2, 0.25) is 0 Å². The highest BCUT2D eigenvalue weighted by molar-refractivity contribution is 7.92. The highest BCUT2D eigenvalue weighted by Gasteiger charge is 2.15. The molecule has 5 N–H and O–H groups in total. The van der Waals surface area contributed by atoms with Crippen molar-refractivity contribution in [1.82, 2.24) is 10.3 Å². The van der Waals surface area contributed by atoms with Crippen LogP contribution in [0.4, 0.5) is 16.2 Å². The Morgan fingerprint density at radius 2 is 1.48 bits per heavy atom. The van der Waals surface area contributed by atoms with E-state index in [1.807, 2.05) is 6.07 Å². The molecule has 31 heavy (non-hydrogen) atoms. The number of carbonyl (C=O) groups excluding carboxylic acids is 1. The lowest BCUT2D eigenvalue weighted by molar-refractivity contribution is 0.251. The number of amides is 2. The van der Waals surface area contributed by atoms with E-state index in [1.54, 1.807) is 18.5 Å². The Labute approximate surface area is 179 Å². The van der Waals surface area contributed by atoms with Gasteiger partial charge in [0.25, 0.3) is 10.0 Å². The van der Waals surface area contributed by atoms with Crippen LogP contribution in [-0.2, 0) is 26.6 Å². The molecule has 0 radical (unpaired) electrons. The summed E-state index contributed by atoms with van der Waals surface area (Å²) in [5, 5.41) is 10.3. The maximum atomic E-state index is 12.5. The predicted octanol–water partition coefficient (Wildman–Crippen LogP) is 1.85. The van der Waals surface area contributed by atoms with Gasteiger partial charge in [-0.15, -0.1) is 0 Å². The molecule has 12 heteroatoms. The van der Waals surface area contributed by atoms with Crippen molar-refractivity contribution in [3.8, 4) is 0 Å². The van der Waals surface area contributed by atoms with Gasteiger partial charge < -0.3 is 10.6 Å². The summed E-state index contributed by atoms with van der Waals surface area (Å²) < 4.78 is 49.9. The molecule has 2 amide bonds. The Hall–Kier alpha value is -3.48. The highest BCUT2D eigenvalue weighted by Crippen LogP contribution is 2.19. The number of sulfonamides is 2. The molecule has 10 nitrogen and oxygen atoms in total. The van der Waals surface area contributed by atoms with Crippen molar-refractivity contribution in [2.24, 2.45) is 5.14 Å². The van der Waals surface area contributed by atoms with Crippen LogP contribution in [-0.4, -0.2) is 27.9 Å². The molecule has 0 aliphatic carbocycles. The molecule has 2 aromatic carbocycles. The minimum Gasteiger partial charge on any atom is -0.334 e. The van der Waals surface area contributed by atoms with Gasteiger partial charge >= 0.3 is 6.03 Å². The lowest BCUT2D eigenvalue weighted by Gasteiger charge is -2.10. The van der Waals surface area contributed by atoms with E-state index in [9.17, 15) is 21.6 Å². The van der Waals surface area contributed by atoms with E-state index in [1.165, 1.54) is 48.5 Å². The standard InChI is InChI=1S/C19H19N5O5S2/c20-30(26,27)17-7-5-16(6-8-17)24-31(28,29)18-9-3-15(4-10-18)23-19(25)22-13-14-2-1-11-21-12-14/h1-12,24H,13H2,(H2,20,26,27)(H2,22,23,25). The van der Waals surface area contributed by atoms with Gasteiger partial charge in [0, 0.05) is 30.3 Å². The molecule has 0 atom stereocenters. The fourth-order valence-corrected chi connectivity index (χ4v) is 4.08.